The molecule has 0 saturated carbocycles. The highest BCUT2D eigenvalue weighted by Crippen LogP contribution is 2.17. The van der Waals surface area contributed by atoms with Crippen LogP contribution in [0.1, 0.15) is 36.3 Å². The third-order valence-electron chi connectivity index (χ3n) is 9.38. The fourth-order valence-corrected chi connectivity index (χ4v) is 6.37. The van der Waals surface area contributed by atoms with Gasteiger partial charge >= 0.3 is 17.9 Å². The molecule has 0 aliphatic carbocycles. The van der Waals surface area contributed by atoms with Crippen molar-refractivity contribution in [1.82, 2.24) is 21.3 Å². The lowest BCUT2D eigenvalue weighted by molar-refractivity contribution is -0.173. The number of nitrogens with one attached hydrogen (secondary N) is 5. The first-order chi connectivity index (χ1) is 28.6. The van der Waals surface area contributed by atoms with Crippen LogP contribution in [0.3, 0.4) is 0 Å². The van der Waals surface area contributed by atoms with Crippen LogP contribution in [-0.2, 0) is 73.5 Å². The molecule has 18 heteroatoms. The van der Waals surface area contributed by atoms with Crippen molar-refractivity contribution in [3.8, 4) is 0 Å². The number of benzene rings is 3. The minimum atomic E-state index is -2.10. The van der Waals surface area contributed by atoms with E-state index in [4.69, 9.17) is 13.9 Å². The molecular formula is C42H44BN5O12. The number of ether oxygens (including phenoxy) is 2. The number of amides is 5. The number of aliphatic carboxylic acids is 1. The SMILES string of the molecule is Bc1ccc(C[C@@H]2NC(=O)[C@@H](Cc3ccccc3)NC(=O)[C@H](OC(C)=O)[C@@H](OC(C)=O)C(=O)Nc3ccc(cc3)C[C@H](C(=O)O)NC(=O)[C@@H](Cc3ccco3)NC2=O)cc1. The molecule has 6 N–H and O–H groups in total. The summed E-state index contributed by atoms with van der Waals surface area (Å²) >= 11 is 0. The van der Waals surface area contributed by atoms with E-state index < -0.39 is 83.8 Å². The Morgan fingerprint density at radius 3 is 1.68 bits per heavy atom. The number of hydrogen-bond donors (Lipinski definition) is 6. The van der Waals surface area contributed by atoms with Gasteiger partial charge in [0, 0.05) is 45.2 Å². The first kappa shape index (κ1) is 43.9. The average Bonchev–Trinajstić information content (AvgIpc) is 3.72. The molecule has 0 spiro atoms. The van der Waals surface area contributed by atoms with E-state index in [1.165, 1.54) is 30.5 Å². The van der Waals surface area contributed by atoms with Crippen LogP contribution in [0, 0.1) is 0 Å². The van der Waals surface area contributed by atoms with E-state index in [1.807, 2.05) is 7.85 Å². The van der Waals surface area contributed by atoms with Crippen molar-refractivity contribution >= 4 is 66.4 Å². The lowest BCUT2D eigenvalue weighted by atomic mass is 9.93. The van der Waals surface area contributed by atoms with Crippen molar-refractivity contribution in [3.05, 3.63) is 120 Å². The second-order valence-electron chi connectivity index (χ2n) is 14.2. The zero-order valence-electron chi connectivity index (χ0n) is 33.0. The normalized spacial score (nSPS) is 21.8. The monoisotopic (exact) mass is 821 g/mol. The van der Waals surface area contributed by atoms with E-state index in [0.717, 1.165) is 19.3 Å². The number of furan rings is 1. The molecule has 0 saturated heterocycles. The van der Waals surface area contributed by atoms with Crippen molar-refractivity contribution < 1.29 is 57.4 Å². The summed E-state index contributed by atoms with van der Waals surface area (Å²) in [5.74, 6) is -7.95. The summed E-state index contributed by atoms with van der Waals surface area (Å²) in [5.41, 5.74) is 2.63. The van der Waals surface area contributed by atoms with Crippen LogP contribution >= 0.6 is 0 Å². The maximum absolute atomic E-state index is 14.4. The predicted molar refractivity (Wildman–Crippen MR) is 216 cm³/mol. The molecule has 0 fully saturated rings. The van der Waals surface area contributed by atoms with Crippen LogP contribution in [-0.4, -0.2) is 96.8 Å². The molecule has 60 heavy (non-hydrogen) atoms. The summed E-state index contributed by atoms with van der Waals surface area (Å²) in [4.78, 5) is 108. The highest BCUT2D eigenvalue weighted by molar-refractivity contribution is 6.32. The lowest BCUT2D eigenvalue weighted by Gasteiger charge is -2.28. The molecule has 17 nitrogen and oxygen atoms in total. The minimum absolute atomic E-state index is 0.0999. The van der Waals surface area contributed by atoms with Gasteiger partial charge in [-0.1, -0.05) is 72.2 Å². The van der Waals surface area contributed by atoms with E-state index in [-0.39, 0.29) is 31.4 Å². The zero-order chi connectivity index (χ0) is 43.3. The van der Waals surface area contributed by atoms with Gasteiger partial charge in [-0.2, -0.15) is 0 Å². The van der Waals surface area contributed by atoms with Crippen LogP contribution < -0.4 is 32.0 Å². The topological polar surface area (TPSA) is 249 Å². The Bertz CT molecular complexity index is 2180. The number of carbonyl (C=O) groups excluding carboxylic acids is 7. The van der Waals surface area contributed by atoms with E-state index in [0.29, 0.717) is 22.5 Å². The number of anilines is 1. The first-order valence-corrected chi connectivity index (χ1v) is 19.0. The number of carboxylic acid groups (broad SMARTS) is 1. The Labute approximate surface area is 345 Å². The molecule has 2 aliphatic heterocycles. The molecule has 312 valence electrons. The van der Waals surface area contributed by atoms with Crippen molar-refractivity contribution in [2.24, 2.45) is 0 Å². The quantitative estimate of drug-likeness (QED) is 0.0721. The van der Waals surface area contributed by atoms with Crippen molar-refractivity contribution in [3.63, 3.8) is 0 Å². The number of fused-ring (bicyclic) bond motifs is 18. The summed E-state index contributed by atoms with van der Waals surface area (Å²) < 4.78 is 16.0. The molecule has 3 aromatic carbocycles. The maximum Gasteiger partial charge on any atom is 0.326 e. The van der Waals surface area contributed by atoms with Crippen molar-refractivity contribution in [2.75, 3.05) is 5.32 Å². The van der Waals surface area contributed by atoms with Crippen LogP contribution in [0.2, 0.25) is 0 Å². The molecule has 0 radical (unpaired) electrons. The maximum atomic E-state index is 14.4. The van der Waals surface area contributed by atoms with Gasteiger partial charge < -0.3 is 45.6 Å². The number of rotatable bonds is 9. The summed E-state index contributed by atoms with van der Waals surface area (Å²) in [6, 6.07) is 18.7. The Morgan fingerprint density at radius 1 is 0.633 bits per heavy atom. The van der Waals surface area contributed by atoms with Gasteiger partial charge in [-0.25, -0.2) is 4.79 Å². The Hall–Kier alpha value is -7.24. The van der Waals surface area contributed by atoms with E-state index >= 15 is 0 Å². The van der Waals surface area contributed by atoms with Gasteiger partial charge in [0.2, 0.25) is 29.9 Å². The molecular weight excluding hydrogens is 777 g/mol. The van der Waals surface area contributed by atoms with Crippen molar-refractivity contribution in [2.45, 2.75) is 75.9 Å². The predicted octanol–water partition coefficient (Wildman–Crippen LogP) is -0.352. The lowest BCUT2D eigenvalue weighted by Crippen LogP contribution is -2.60. The van der Waals surface area contributed by atoms with E-state index in [9.17, 15) is 43.5 Å². The van der Waals surface area contributed by atoms with Gasteiger partial charge in [0.25, 0.3) is 11.8 Å². The molecule has 6 atom stereocenters. The summed E-state index contributed by atoms with van der Waals surface area (Å²) in [6.07, 6.45) is -3.47. The smallest absolute Gasteiger partial charge is 0.326 e. The fourth-order valence-electron chi connectivity index (χ4n) is 6.37. The Balaban J connectivity index is 1.60. The average molecular weight is 822 g/mol. The summed E-state index contributed by atoms with van der Waals surface area (Å²) in [6.45, 7) is 1.95. The Morgan fingerprint density at radius 2 is 1.15 bits per heavy atom. The molecule has 4 aromatic rings. The minimum Gasteiger partial charge on any atom is -0.480 e. The molecule has 6 rings (SSSR count). The number of esters is 2. The third kappa shape index (κ3) is 12.6. The fraction of sp³-hybridized carbons (Fsp3) is 0.286. The zero-order valence-corrected chi connectivity index (χ0v) is 33.0. The second-order valence-corrected chi connectivity index (χ2v) is 14.2. The van der Waals surface area contributed by atoms with Crippen molar-refractivity contribution in [1.29, 1.82) is 0 Å². The molecule has 3 heterocycles. The Kier molecular flexibility index (Phi) is 15.0. The van der Waals surface area contributed by atoms with Crippen LogP contribution in [0.4, 0.5) is 5.69 Å². The molecule has 0 unspecified atom stereocenters. The number of carbonyl (C=O) groups is 8. The highest BCUT2D eigenvalue weighted by Gasteiger charge is 2.41. The van der Waals surface area contributed by atoms with Gasteiger partial charge in [0.05, 0.1) is 6.26 Å². The van der Waals surface area contributed by atoms with Gasteiger partial charge in [-0.3, -0.25) is 33.6 Å². The van der Waals surface area contributed by atoms with Crippen LogP contribution in [0.25, 0.3) is 0 Å². The van der Waals surface area contributed by atoms with Crippen LogP contribution in [0.15, 0.2) is 102 Å². The van der Waals surface area contributed by atoms with Gasteiger partial charge in [-0.15, -0.1) is 0 Å². The highest BCUT2D eigenvalue weighted by atomic mass is 16.6. The summed E-state index contributed by atoms with van der Waals surface area (Å²) in [5, 5.41) is 23.0. The molecule has 1 aromatic heterocycles. The molecule has 2 aliphatic rings. The largest absolute Gasteiger partial charge is 0.480 e. The van der Waals surface area contributed by atoms with Gasteiger partial charge in [-0.05, 0) is 41.0 Å². The first-order valence-electron chi connectivity index (χ1n) is 19.0. The van der Waals surface area contributed by atoms with Gasteiger partial charge in [0.15, 0.2) is 0 Å². The standard InChI is InChI=1S/C42H44BN5O12/c1-23(49)59-35-36(60-24(2)50)41(55)47-32(19-25-7-4-3-5-8-25)38(52)45-31(20-26-10-14-28(43)15-11-26)37(51)46-33(22-30-9-6-18-58-30)39(53)48-34(42(56)57)21-27-12-16-29(17-13-27)44-40(35)54/h3-18,31-36H,19-22,43H2,1-2H3,(H,44,54)(H,45,52)(H,46,51)(H,47,55)(H,48,53)(H,56,57)/t31-,32+,33+,34+,35+,36+/m0/s1. The molecule has 2 bridgehead atoms. The van der Waals surface area contributed by atoms with Crippen LogP contribution in [0.5, 0.6) is 0 Å². The van der Waals surface area contributed by atoms with Gasteiger partial charge in [0.1, 0.15) is 37.8 Å². The second kappa shape index (κ2) is 20.5. The summed E-state index contributed by atoms with van der Waals surface area (Å²) in [7, 11) is 1.87. The van der Waals surface area contributed by atoms with E-state index in [2.05, 4.69) is 26.6 Å². The van der Waals surface area contributed by atoms with E-state index in [1.54, 1.807) is 66.7 Å². The number of carboxylic acids is 1. The third-order valence-corrected chi connectivity index (χ3v) is 9.38. The molecule has 5 amide bonds. The number of hydrogen-bond acceptors (Lipinski definition) is 11.